The molecule has 2 heterocycles. The monoisotopic (exact) mass is 415 g/mol. The van der Waals surface area contributed by atoms with Crippen LogP contribution in [-0.2, 0) is 28.9 Å². The highest BCUT2D eigenvalue weighted by atomic mass is 32.2. The van der Waals surface area contributed by atoms with Crippen LogP contribution >= 0.6 is 11.8 Å². The third kappa shape index (κ3) is 4.64. The number of carbonyl (C=O) groups is 1. The first-order valence-electron chi connectivity index (χ1n) is 9.95. The van der Waals surface area contributed by atoms with E-state index in [1.807, 2.05) is 18.2 Å². The summed E-state index contributed by atoms with van der Waals surface area (Å²) in [6, 6.07) is 7.23. The van der Waals surface area contributed by atoms with Crippen LogP contribution in [0.4, 0.5) is 5.69 Å². The zero-order valence-corrected chi connectivity index (χ0v) is 17.3. The standard InChI is InChI=1S/C21H25N3O4S/c1-27-15-6-2-5-14(11-15)22-19(25)13-29-20-17-8-3-9-18(17)24(21(26)23-20)12-16-7-4-10-28-16/h2,5-6,11,16H,3-4,7-10,12-13H2,1H3,(H,22,25). The van der Waals surface area contributed by atoms with Crippen molar-refractivity contribution in [2.24, 2.45) is 0 Å². The molecule has 2 aliphatic rings. The highest BCUT2D eigenvalue weighted by molar-refractivity contribution is 8.00. The molecule has 1 aromatic carbocycles. The average molecular weight is 416 g/mol. The molecule has 2 aromatic rings. The SMILES string of the molecule is COc1cccc(NC(=O)CSc2nc(=O)n(CC3CCCO3)c3c2CCC3)c1. The zero-order valence-electron chi connectivity index (χ0n) is 16.5. The maximum Gasteiger partial charge on any atom is 0.348 e. The van der Waals surface area contributed by atoms with Crippen LogP contribution in [0.3, 0.4) is 0 Å². The largest absolute Gasteiger partial charge is 0.497 e. The summed E-state index contributed by atoms with van der Waals surface area (Å²) in [5.41, 5.74) is 2.62. The van der Waals surface area contributed by atoms with E-state index in [0.29, 0.717) is 23.0 Å². The van der Waals surface area contributed by atoms with Crippen molar-refractivity contribution in [3.05, 3.63) is 46.0 Å². The molecule has 0 radical (unpaired) electrons. The molecule has 1 amide bonds. The number of thioether (sulfide) groups is 1. The van der Waals surface area contributed by atoms with Crippen molar-refractivity contribution in [1.29, 1.82) is 0 Å². The van der Waals surface area contributed by atoms with Crippen molar-refractivity contribution in [1.82, 2.24) is 9.55 Å². The lowest BCUT2D eigenvalue weighted by Gasteiger charge is -2.17. The number of methoxy groups -OCH3 is 1. The van der Waals surface area contributed by atoms with Crippen molar-refractivity contribution in [3.8, 4) is 5.75 Å². The van der Waals surface area contributed by atoms with Crippen molar-refractivity contribution < 1.29 is 14.3 Å². The number of nitrogens with one attached hydrogen (secondary N) is 1. The van der Waals surface area contributed by atoms with Gasteiger partial charge in [-0.3, -0.25) is 9.36 Å². The van der Waals surface area contributed by atoms with Gasteiger partial charge in [-0.25, -0.2) is 4.79 Å². The Morgan fingerprint density at radius 1 is 1.38 bits per heavy atom. The van der Waals surface area contributed by atoms with Crippen LogP contribution in [0.2, 0.25) is 0 Å². The molecular formula is C21H25N3O4S. The summed E-state index contributed by atoms with van der Waals surface area (Å²) in [4.78, 5) is 29.3. The van der Waals surface area contributed by atoms with Gasteiger partial charge in [0, 0.05) is 29.6 Å². The van der Waals surface area contributed by atoms with Crippen LogP contribution in [0.5, 0.6) is 5.75 Å². The number of fused-ring (bicyclic) bond motifs is 1. The lowest BCUT2D eigenvalue weighted by atomic mass is 10.2. The molecule has 1 aliphatic heterocycles. The fourth-order valence-electron chi connectivity index (χ4n) is 3.92. The highest BCUT2D eigenvalue weighted by Gasteiger charge is 2.25. The first kappa shape index (κ1) is 20.0. The summed E-state index contributed by atoms with van der Waals surface area (Å²) in [6.07, 6.45) is 4.92. The molecule has 1 unspecified atom stereocenters. The predicted molar refractivity (Wildman–Crippen MR) is 112 cm³/mol. The fourth-order valence-corrected chi connectivity index (χ4v) is 4.79. The number of rotatable bonds is 7. The second kappa shape index (κ2) is 9.00. The highest BCUT2D eigenvalue weighted by Crippen LogP contribution is 2.30. The normalized spacial score (nSPS) is 17.9. The van der Waals surface area contributed by atoms with Gasteiger partial charge in [0.15, 0.2) is 0 Å². The fraction of sp³-hybridized carbons (Fsp3) is 0.476. The first-order chi connectivity index (χ1) is 14.1. The van der Waals surface area contributed by atoms with E-state index in [1.165, 1.54) is 11.8 Å². The van der Waals surface area contributed by atoms with Gasteiger partial charge in [0.05, 0.1) is 25.5 Å². The number of anilines is 1. The lowest BCUT2D eigenvalue weighted by molar-refractivity contribution is -0.113. The van der Waals surface area contributed by atoms with Gasteiger partial charge >= 0.3 is 5.69 Å². The number of ether oxygens (including phenoxy) is 2. The van der Waals surface area contributed by atoms with E-state index in [4.69, 9.17) is 9.47 Å². The topological polar surface area (TPSA) is 82.5 Å². The molecule has 7 nitrogen and oxygen atoms in total. The molecular weight excluding hydrogens is 390 g/mol. The molecule has 0 saturated carbocycles. The number of benzene rings is 1. The van der Waals surface area contributed by atoms with E-state index in [2.05, 4.69) is 10.3 Å². The van der Waals surface area contributed by atoms with Crippen LogP contribution in [0.25, 0.3) is 0 Å². The molecule has 8 heteroatoms. The Morgan fingerprint density at radius 2 is 2.28 bits per heavy atom. The number of carbonyl (C=O) groups excluding carboxylic acids is 1. The van der Waals surface area contributed by atoms with E-state index in [1.54, 1.807) is 17.7 Å². The van der Waals surface area contributed by atoms with Crippen LogP contribution in [-0.4, -0.2) is 41.0 Å². The van der Waals surface area contributed by atoms with Gasteiger partial charge in [-0.15, -0.1) is 0 Å². The molecule has 29 heavy (non-hydrogen) atoms. The quantitative estimate of drug-likeness (QED) is 0.553. The van der Waals surface area contributed by atoms with Crippen molar-refractivity contribution in [2.75, 3.05) is 24.8 Å². The number of hydrogen-bond donors (Lipinski definition) is 1. The summed E-state index contributed by atoms with van der Waals surface area (Å²) in [5.74, 6) is 0.747. The molecule has 154 valence electrons. The first-order valence-corrected chi connectivity index (χ1v) is 10.9. The average Bonchev–Trinajstić information content (AvgIpc) is 3.41. The third-order valence-corrected chi connectivity index (χ3v) is 6.32. The number of amides is 1. The predicted octanol–water partition coefficient (Wildman–Crippen LogP) is 2.65. The Balaban J connectivity index is 1.45. The molecule has 1 atom stereocenters. The van der Waals surface area contributed by atoms with Crippen LogP contribution in [0, 0.1) is 0 Å². The Hall–Kier alpha value is -2.32. The maximum atomic E-state index is 12.7. The Labute approximate surface area is 173 Å². The third-order valence-electron chi connectivity index (χ3n) is 5.30. The molecule has 1 aromatic heterocycles. The number of nitrogens with zero attached hydrogens (tertiary/aromatic N) is 2. The number of hydrogen-bond acceptors (Lipinski definition) is 6. The summed E-state index contributed by atoms with van der Waals surface area (Å²) >= 11 is 1.33. The van der Waals surface area contributed by atoms with Crippen molar-refractivity contribution in [3.63, 3.8) is 0 Å². The molecule has 0 bridgehead atoms. The van der Waals surface area contributed by atoms with Crippen LogP contribution in [0.1, 0.15) is 30.5 Å². The van der Waals surface area contributed by atoms with E-state index in [-0.39, 0.29) is 23.5 Å². The Morgan fingerprint density at radius 3 is 3.07 bits per heavy atom. The lowest BCUT2D eigenvalue weighted by Crippen LogP contribution is -2.31. The molecule has 1 N–H and O–H groups in total. The minimum atomic E-state index is -0.239. The van der Waals surface area contributed by atoms with Gasteiger partial charge in [-0.05, 0) is 44.2 Å². The second-order valence-corrected chi connectivity index (χ2v) is 8.26. The van der Waals surface area contributed by atoms with Gasteiger partial charge in [0.2, 0.25) is 5.91 Å². The van der Waals surface area contributed by atoms with Crippen LogP contribution < -0.4 is 15.7 Å². The molecule has 1 saturated heterocycles. The Bertz CT molecular complexity index is 953. The van der Waals surface area contributed by atoms with Gasteiger partial charge < -0.3 is 14.8 Å². The maximum absolute atomic E-state index is 12.7. The molecule has 1 fully saturated rings. The summed E-state index contributed by atoms with van der Waals surface area (Å²) in [7, 11) is 1.59. The summed E-state index contributed by atoms with van der Waals surface area (Å²) in [6.45, 7) is 1.35. The smallest absolute Gasteiger partial charge is 0.348 e. The van der Waals surface area contributed by atoms with Crippen molar-refractivity contribution in [2.45, 2.75) is 49.8 Å². The molecule has 4 rings (SSSR count). The van der Waals surface area contributed by atoms with Gasteiger partial charge in [-0.2, -0.15) is 4.98 Å². The van der Waals surface area contributed by atoms with E-state index in [0.717, 1.165) is 50.0 Å². The van der Waals surface area contributed by atoms with E-state index in [9.17, 15) is 9.59 Å². The van der Waals surface area contributed by atoms with E-state index < -0.39 is 0 Å². The van der Waals surface area contributed by atoms with Gasteiger partial charge in [0.25, 0.3) is 0 Å². The van der Waals surface area contributed by atoms with Gasteiger partial charge in [0.1, 0.15) is 10.8 Å². The van der Waals surface area contributed by atoms with Crippen LogP contribution in [0.15, 0.2) is 34.1 Å². The zero-order chi connectivity index (χ0) is 20.2. The summed E-state index contributed by atoms with van der Waals surface area (Å²) < 4.78 is 12.7. The minimum Gasteiger partial charge on any atom is -0.497 e. The summed E-state index contributed by atoms with van der Waals surface area (Å²) in [5, 5.41) is 3.55. The molecule has 1 aliphatic carbocycles. The van der Waals surface area contributed by atoms with Crippen molar-refractivity contribution >= 4 is 23.4 Å². The molecule has 0 spiro atoms. The number of aromatic nitrogens is 2. The van der Waals surface area contributed by atoms with Gasteiger partial charge in [-0.1, -0.05) is 17.8 Å². The Kier molecular flexibility index (Phi) is 6.20. The van der Waals surface area contributed by atoms with E-state index >= 15 is 0 Å². The minimum absolute atomic E-state index is 0.103. The second-order valence-electron chi connectivity index (χ2n) is 7.29.